The van der Waals surface area contributed by atoms with Gasteiger partial charge in [0, 0.05) is 6.54 Å². The number of alkyl halides is 4. The smallest absolute Gasteiger partial charge is 0.196 e. The molecule has 2 unspecified atom stereocenters. The molecule has 1 aromatic rings. The number of rotatable bonds is 1. The minimum absolute atomic E-state index is 0.171. The summed E-state index contributed by atoms with van der Waals surface area (Å²) in [6.45, 7) is -0.171. The van der Waals surface area contributed by atoms with Crippen molar-refractivity contribution < 1.29 is 13.2 Å². The van der Waals surface area contributed by atoms with Gasteiger partial charge in [-0.3, -0.25) is 0 Å². The lowest BCUT2D eigenvalue weighted by atomic mass is 10.2. The molecule has 0 aromatic heterocycles. The molecule has 2 atom stereocenters. The topological polar surface area (TPSA) is 3.24 Å². The summed E-state index contributed by atoms with van der Waals surface area (Å²) in [5.41, 5.74) is 0.632. The zero-order valence-electron chi connectivity index (χ0n) is 8.12. The first kappa shape index (κ1) is 12.1. The molecule has 0 bridgehead atoms. The molecule has 0 aliphatic carbocycles. The fraction of sp³-hybridized carbons (Fsp3) is 0.400. The Bertz CT molecular complexity index is 357. The average molecular weight is 268 g/mol. The molecule has 1 nitrogen and oxygen atoms in total. The molecule has 16 heavy (non-hydrogen) atoms. The number of thioether (sulfide) groups is 1. The molecule has 1 fully saturated rings. The Morgan fingerprint density at radius 2 is 1.88 bits per heavy atom. The molecule has 0 radical (unpaired) electrons. The van der Waals surface area contributed by atoms with E-state index < -0.39 is 16.4 Å². The van der Waals surface area contributed by atoms with Crippen LogP contribution in [-0.2, 0) is 0 Å². The van der Waals surface area contributed by atoms with E-state index in [0.29, 0.717) is 10.5 Å². The molecular weight excluding hydrogens is 259 g/mol. The third-order valence-corrected chi connectivity index (χ3v) is 3.99. The van der Waals surface area contributed by atoms with Gasteiger partial charge in [0.2, 0.25) is 0 Å². The zero-order valence-corrected chi connectivity index (χ0v) is 9.69. The quantitative estimate of drug-likeness (QED) is 0.562. The fourth-order valence-electron chi connectivity index (χ4n) is 1.62. The summed E-state index contributed by atoms with van der Waals surface area (Å²) in [5, 5.41) is -0.733. The van der Waals surface area contributed by atoms with Gasteiger partial charge in [0.15, 0.2) is 0 Å². The van der Waals surface area contributed by atoms with Gasteiger partial charge in [0.1, 0.15) is 0 Å². The van der Waals surface area contributed by atoms with Crippen molar-refractivity contribution >= 4 is 23.4 Å². The Hall–Kier alpha value is -0.390. The van der Waals surface area contributed by atoms with E-state index >= 15 is 0 Å². The van der Waals surface area contributed by atoms with Crippen LogP contribution in [0, 0.1) is 0 Å². The van der Waals surface area contributed by atoms with E-state index in [1.165, 1.54) is 0 Å². The minimum atomic E-state index is -4.34. The molecule has 1 aliphatic heterocycles. The predicted molar refractivity (Wildman–Crippen MR) is 59.2 cm³/mol. The second-order valence-electron chi connectivity index (χ2n) is 3.43. The third-order valence-electron chi connectivity index (χ3n) is 2.31. The highest BCUT2D eigenvalue weighted by Gasteiger charge is 2.48. The zero-order chi connectivity index (χ0) is 11.8. The molecule has 2 rings (SSSR count). The minimum Gasteiger partial charge on any atom is -0.196 e. The summed E-state index contributed by atoms with van der Waals surface area (Å²) in [5.74, 6) is 0. The molecule has 1 aromatic carbocycles. The van der Waals surface area contributed by atoms with Gasteiger partial charge in [-0.1, -0.05) is 30.3 Å². The van der Waals surface area contributed by atoms with Crippen molar-refractivity contribution in [3.05, 3.63) is 35.9 Å². The molecule has 0 amide bonds. The second kappa shape index (κ2) is 4.47. The Morgan fingerprint density at radius 3 is 2.44 bits per heavy atom. The maximum absolute atomic E-state index is 12.7. The third kappa shape index (κ3) is 2.47. The van der Waals surface area contributed by atoms with Crippen molar-refractivity contribution in [2.45, 2.75) is 16.4 Å². The maximum Gasteiger partial charge on any atom is 0.461 e. The molecule has 1 saturated heterocycles. The predicted octanol–water partition coefficient (Wildman–Crippen LogP) is 3.82. The molecule has 0 saturated carbocycles. The van der Waals surface area contributed by atoms with E-state index in [-0.39, 0.29) is 6.54 Å². The van der Waals surface area contributed by atoms with Crippen LogP contribution in [0.3, 0.4) is 0 Å². The lowest BCUT2D eigenvalue weighted by molar-refractivity contribution is -0.246. The standard InChI is InChI=1S/C10H9ClF3NS/c11-8-6-15(10(12,13)14)9(16-8)7-4-2-1-3-5-7/h1-5,8-9H,6H2. The molecule has 1 aliphatic rings. The Labute approximate surface area is 101 Å². The first-order chi connectivity index (χ1) is 7.48. The molecular formula is C10H9ClF3NS. The number of hydrogen-bond acceptors (Lipinski definition) is 2. The van der Waals surface area contributed by atoms with Gasteiger partial charge in [0.25, 0.3) is 0 Å². The summed E-state index contributed by atoms with van der Waals surface area (Å²) in [7, 11) is 0. The summed E-state index contributed by atoms with van der Waals surface area (Å²) in [6, 6.07) is 8.61. The van der Waals surface area contributed by atoms with Crippen LogP contribution in [0.1, 0.15) is 10.9 Å². The highest BCUT2D eigenvalue weighted by atomic mass is 35.5. The van der Waals surface area contributed by atoms with Gasteiger partial charge < -0.3 is 0 Å². The van der Waals surface area contributed by atoms with Crippen molar-refractivity contribution in [1.82, 2.24) is 4.90 Å². The van der Waals surface area contributed by atoms with E-state index in [0.717, 1.165) is 11.8 Å². The Morgan fingerprint density at radius 1 is 1.25 bits per heavy atom. The number of hydrogen-bond donors (Lipinski definition) is 0. The van der Waals surface area contributed by atoms with Crippen LogP contribution in [0.4, 0.5) is 13.2 Å². The van der Waals surface area contributed by atoms with Crippen LogP contribution in [0.5, 0.6) is 0 Å². The van der Waals surface area contributed by atoms with E-state index in [1.54, 1.807) is 30.3 Å². The van der Waals surface area contributed by atoms with Crippen LogP contribution in [0.25, 0.3) is 0 Å². The summed E-state index contributed by atoms with van der Waals surface area (Å²) in [6.07, 6.45) is -4.34. The number of nitrogens with zero attached hydrogens (tertiary/aromatic N) is 1. The van der Waals surface area contributed by atoms with Gasteiger partial charge in [-0.25, -0.2) is 0 Å². The molecule has 6 heteroatoms. The van der Waals surface area contributed by atoms with Crippen molar-refractivity contribution in [2.75, 3.05) is 6.54 Å². The van der Waals surface area contributed by atoms with Gasteiger partial charge in [0.05, 0.1) is 10.1 Å². The van der Waals surface area contributed by atoms with Crippen molar-refractivity contribution in [3.8, 4) is 0 Å². The maximum atomic E-state index is 12.7. The number of halogens is 4. The van der Waals surface area contributed by atoms with E-state index in [1.807, 2.05) is 0 Å². The van der Waals surface area contributed by atoms with Crippen molar-refractivity contribution in [2.24, 2.45) is 0 Å². The Kier molecular flexibility index (Phi) is 3.37. The molecule has 88 valence electrons. The van der Waals surface area contributed by atoms with Crippen LogP contribution >= 0.6 is 23.4 Å². The summed E-state index contributed by atoms with van der Waals surface area (Å²) in [4.78, 5) is 0.477. The largest absolute Gasteiger partial charge is 0.461 e. The van der Waals surface area contributed by atoms with Gasteiger partial charge in [-0.05, 0) is 5.56 Å². The number of benzene rings is 1. The van der Waals surface area contributed by atoms with E-state index in [9.17, 15) is 13.2 Å². The molecule has 1 heterocycles. The van der Waals surface area contributed by atoms with Crippen molar-refractivity contribution in [1.29, 1.82) is 0 Å². The summed E-state index contributed by atoms with van der Waals surface area (Å²) >= 11 is 6.90. The monoisotopic (exact) mass is 267 g/mol. The first-order valence-electron chi connectivity index (χ1n) is 4.66. The first-order valence-corrected chi connectivity index (χ1v) is 6.04. The van der Waals surface area contributed by atoms with Gasteiger partial charge >= 0.3 is 6.30 Å². The normalized spacial score (nSPS) is 27.2. The summed E-state index contributed by atoms with van der Waals surface area (Å²) < 4.78 is 37.6. The van der Waals surface area contributed by atoms with Gasteiger partial charge in [-0.15, -0.1) is 23.4 Å². The van der Waals surface area contributed by atoms with Crippen LogP contribution in [0.2, 0.25) is 0 Å². The molecule has 0 spiro atoms. The SMILES string of the molecule is FC(F)(F)N1CC(Cl)SC1c1ccccc1. The average Bonchev–Trinajstić information content (AvgIpc) is 2.61. The van der Waals surface area contributed by atoms with Crippen molar-refractivity contribution in [3.63, 3.8) is 0 Å². The van der Waals surface area contributed by atoms with E-state index in [4.69, 9.17) is 11.6 Å². The highest BCUT2D eigenvalue weighted by molar-refractivity contribution is 8.01. The van der Waals surface area contributed by atoms with Crippen LogP contribution in [0.15, 0.2) is 30.3 Å². The van der Waals surface area contributed by atoms with Crippen LogP contribution < -0.4 is 0 Å². The fourth-order valence-corrected chi connectivity index (χ4v) is 3.25. The molecule has 0 N–H and O–H groups in total. The lowest BCUT2D eigenvalue weighted by Crippen LogP contribution is -2.37. The highest BCUT2D eigenvalue weighted by Crippen LogP contribution is 2.48. The van der Waals surface area contributed by atoms with Gasteiger partial charge in [-0.2, -0.15) is 18.1 Å². The second-order valence-corrected chi connectivity index (χ2v) is 5.50. The Balaban J connectivity index is 2.26. The van der Waals surface area contributed by atoms with Crippen LogP contribution in [-0.4, -0.2) is 22.5 Å². The lowest BCUT2D eigenvalue weighted by Gasteiger charge is -2.25. The van der Waals surface area contributed by atoms with E-state index in [2.05, 4.69) is 0 Å².